The number of hydrogen-bond acceptors (Lipinski definition) is 3. The van der Waals surface area contributed by atoms with Crippen LogP contribution < -0.4 is 9.47 Å². The van der Waals surface area contributed by atoms with Crippen molar-refractivity contribution in [1.82, 2.24) is 4.98 Å². The minimum absolute atomic E-state index is 0.471. The van der Waals surface area contributed by atoms with Gasteiger partial charge in [-0.1, -0.05) is 30.3 Å². The summed E-state index contributed by atoms with van der Waals surface area (Å²) in [5, 5.41) is 0. The molecule has 1 aromatic carbocycles. The van der Waals surface area contributed by atoms with Gasteiger partial charge in [-0.15, -0.1) is 0 Å². The van der Waals surface area contributed by atoms with Crippen molar-refractivity contribution in [2.45, 2.75) is 0 Å². The summed E-state index contributed by atoms with van der Waals surface area (Å²) >= 11 is 3.44. The molecule has 1 aromatic heterocycles. The summed E-state index contributed by atoms with van der Waals surface area (Å²) in [6, 6.07) is 11.9. The van der Waals surface area contributed by atoms with Gasteiger partial charge in [0.1, 0.15) is 4.60 Å². The third-order valence-corrected chi connectivity index (χ3v) is 3.01. The summed E-state index contributed by atoms with van der Waals surface area (Å²) in [5.41, 5.74) is 2.05. The summed E-state index contributed by atoms with van der Waals surface area (Å²) < 4.78 is 11.1. The van der Waals surface area contributed by atoms with E-state index in [1.54, 1.807) is 14.2 Å². The predicted molar refractivity (Wildman–Crippen MR) is 70.5 cm³/mol. The Bertz CT molecular complexity index is 514. The van der Waals surface area contributed by atoms with Crippen molar-refractivity contribution in [2.24, 2.45) is 0 Å². The molecule has 2 rings (SSSR count). The fourth-order valence-corrected chi connectivity index (χ4v) is 2.07. The molecule has 4 heteroatoms. The molecule has 2 aromatic rings. The second-order valence-electron chi connectivity index (χ2n) is 3.40. The topological polar surface area (TPSA) is 31.4 Å². The van der Waals surface area contributed by atoms with Crippen molar-refractivity contribution < 1.29 is 9.47 Å². The maximum atomic E-state index is 5.25. The average Bonchev–Trinajstić information content (AvgIpc) is 2.39. The number of aromatic nitrogens is 1. The van der Waals surface area contributed by atoms with Crippen LogP contribution in [-0.2, 0) is 0 Å². The lowest BCUT2D eigenvalue weighted by Crippen LogP contribution is -1.95. The summed E-state index contributed by atoms with van der Waals surface area (Å²) in [7, 11) is 3.17. The van der Waals surface area contributed by atoms with Gasteiger partial charge in [-0.05, 0) is 27.6 Å². The van der Waals surface area contributed by atoms with Crippen LogP contribution in [0.5, 0.6) is 11.6 Å². The molecule has 0 spiro atoms. The van der Waals surface area contributed by atoms with Gasteiger partial charge in [0.15, 0.2) is 5.75 Å². The van der Waals surface area contributed by atoms with Crippen molar-refractivity contribution in [3.63, 3.8) is 0 Å². The zero-order valence-electron chi connectivity index (χ0n) is 9.61. The van der Waals surface area contributed by atoms with Crippen molar-refractivity contribution in [2.75, 3.05) is 14.2 Å². The van der Waals surface area contributed by atoms with E-state index in [1.807, 2.05) is 36.4 Å². The van der Waals surface area contributed by atoms with Gasteiger partial charge in [-0.2, -0.15) is 0 Å². The van der Waals surface area contributed by atoms with Gasteiger partial charge in [0, 0.05) is 5.56 Å². The number of methoxy groups -OCH3 is 2. The van der Waals surface area contributed by atoms with Gasteiger partial charge in [-0.3, -0.25) is 0 Å². The lowest BCUT2D eigenvalue weighted by molar-refractivity contribution is 0.342. The van der Waals surface area contributed by atoms with Gasteiger partial charge >= 0.3 is 0 Å². The number of nitrogens with zero attached hydrogens (tertiary/aromatic N) is 1. The Kier molecular flexibility index (Phi) is 3.64. The molecule has 0 aliphatic carbocycles. The summed E-state index contributed by atoms with van der Waals surface area (Å²) in [5.74, 6) is 1.09. The molecule has 0 amide bonds. The number of halogens is 1. The molecule has 0 saturated carbocycles. The van der Waals surface area contributed by atoms with Crippen LogP contribution in [0.3, 0.4) is 0 Å². The number of benzene rings is 1. The van der Waals surface area contributed by atoms with Crippen molar-refractivity contribution in [3.8, 4) is 22.8 Å². The molecule has 3 nitrogen and oxygen atoms in total. The van der Waals surface area contributed by atoms with Crippen molar-refractivity contribution in [3.05, 3.63) is 41.0 Å². The predicted octanol–water partition coefficient (Wildman–Crippen LogP) is 3.53. The Balaban J connectivity index is 2.56. The van der Waals surface area contributed by atoms with Crippen LogP contribution in [0.4, 0.5) is 0 Å². The highest BCUT2D eigenvalue weighted by Gasteiger charge is 2.12. The molecular weight excluding hydrogens is 282 g/mol. The molecule has 17 heavy (non-hydrogen) atoms. The van der Waals surface area contributed by atoms with Crippen LogP contribution in [0.1, 0.15) is 0 Å². The van der Waals surface area contributed by atoms with Crippen molar-refractivity contribution in [1.29, 1.82) is 0 Å². The zero-order chi connectivity index (χ0) is 12.3. The average molecular weight is 294 g/mol. The molecule has 0 radical (unpaired) electrons. The molecular formula is C13H12BrNO2. The number of rotatable bonds is 3. The van der Waals surface area contributed by atoms with E-state index in [1.165, 1.54) is 0 Å². The summed E-state index contributed by atoms with van der Waals surface area (Å²) in [6.45, 7) is 0. The first-order valence-corrected chi connectivity index (χ1v) is 5.89. The first-order valence-electron chi connectivity index (χ1n) is 5.10. The summed E-state index contributed by atoms with van der Waals surface area (Å²) in [4.78, 5) is 4.31. The second-order valence-corrected chi connectivity index (χ2v) is 4.16. The Labute approximate surface area is 109 Å². The quantitative estimate of drug-likeness (QED) is 0.812. The number of ether oxygens (including phenoxy) is 2. The minimum Gasteiger partial charge on any atom is -0.491 e. The first kappa shape index (κ1) is 11.9. The third-order valence-electron chi connectivity index (χ3n) is 2.41. The lowest BCUT2D eigenvalue weighted by atomic mass is 10.1. The molecule has 0 aliphatic heterocycles. The smallest absolute Gasteiger partial charge is 0.257 e. The highest BCUT2D eigenvalue weighted by atomic mass is 79.9. The molecule has 1 heterocycles. The molecule has 88 valence electrons. The van der Waals surface area contributed by atoms with Gasteiger partial charge in [0.05, 0.1) is 14.2 Å². The summed E-state index contributed by atoms with van der Waals surface area (Å²) in [6.07, 6.45) is 0. The largest absolute Gasteiger partial charge is 0.491 e. The van der Waals surface area contributed by atoms with E-state index >= 15 is 0 Å². The van der Waals surface area contributed by atoms with Crippen LogP contribution in [0.25, 0.3) is 11.1 Å². The Morgan fingerprint density at radius 2 is 1.76 bits per heavy atom. The van der Waals surface area contributed by atoms with Crippen molar-refractivity contribution >= 4 is 15.9 Å². The minimum atomic E-state index is 0.471. The number of pyridine rings is 1. The van der Waals surface area contributed by atoms with E-state index in [0.29, 0.717) is 11.6 Å². The second kappa shape index (κ2) is 5.19. The number of hydrogen-bond donors (Lipinski definition) is 0. The first-order chi connectivity index (χ1) is 8.26. The highest BCUT2D eigenvalue weighted by molar-refractivity contribution is 9.10. The third kappa shape index (κ3) is 2.42. The fourth-order valence-electron chi connectivity index (χ4n) is 1.57. The normalized spacial score (nSPS) is 10.1. The van der Waals surface area contributed by atoms with Crippen LogP contribution in [0.15, 0.2) is 41.0 Å². The van der Waals surface area contributed by atoms with E-state index in [2.05, 4.69) is 20.9 Å². The highest BCUT2D eigenvalue weighted by Crippen LogP contribution is 2.35. The van der Waals surface area contributed by atoms with Gasteiger partial charge in [-0.25, -0.2) is 4.98 Å². The van der Waals surface area contributed by atoms with Gasteiger partial charge in [0.2, 0.25) is 0 Å². The molecule has 0 unspecified atom stereocenters. The maximum Gasteiger partial charge on any atom is 0.257 e. The SMILES string of the molecule is COc1cc(-c2ccccc2)c(Br)nc1OC. The van der Waals surface area contributed by atoms with Crippen LogP contribution >= 0.6 is 15.9 Å². The van der Waals surface area contributed by atoms with Crippen LogP contribution in [0.2, 0.25) is 0 Å². The van der Waals surface area contributed by atoms with E-state index in [-0.39, 0.29) is 0 Å². The van der Waals surface area contributed by atoms with Crippen LogP contribution in [0, 0.1) is 0 Å². The Morgan fingerprint density at radius 1 is 1.06 bits per heavy atom. The molecule has 0 N–H and O–H groups in total. The molecule has 0 aliphatic rings. The fraction of sp³-hybridized carbons (Fsp3) is 0.154. The van der Waals surface area contributed by atoms with Gasteiger partial charge < -0.3 is 9.47 Å². The molecule has 0 atom stereocenters. The molecule has 0 fully saturated rings. The Hall–Kier alpha value is -1.55. The van der Waals surface area contributed by atoms with E-state index in [9.17, 15) is 0 Å². The van der Waals surface area contributed by atoms with Crippen LogP contribution in [-0.4, -0.2) is 19.2 Å². The standard InChI is InChI=1S/C13H12BrNO2/c1-16-11-8-10(9-6-4-3-5-7-9)12(14)15-13(11)17-2/h3-8H,1-2H3. The maximum absolute atomic E-state index is 5.25. The van der Waals surface area contributed by atoms with E-state index in [0.717, 1.165) is 15.7 Å². The Morgan fingerprint density at radius 3 is 2.35 bits per heavy atom. The van der Waals surface area contributed by atoms with E-state index < -0.39 is 0 Å². The molecule has 0 saturated heterocycles. The van der Waals surface area contributed by atoms with Gasteiger partial charge in [0.25, 0.3) is 5.88 Å². The molecule has 0 bridgehead atoms. The monoisotopic (exact) mass is 293 g/mol. The lowest BCUT2D eigenvalue weighted by Gasteiger charge is -2.10. The zero-order valence-corrected chi connectivity index (χ0v) is 11.2. The van der Waals surface area contributed by atoms with E-state index in [4.69, 9.17) is 9.47 Å².